The Morgan fingerprint density at radius 1 is 1.33 bits per heavy atom. The highest BCUT2D eigenvalue weighted by Gasteiger charge is 2.01. The SMILES string of the molecule is C=C=C1C=CC=CC1=O. The lowest BCUT2D eigenvalue weighted by atomic mass is 10.1. The van der Waals surface area contributed by atoms with Gasteiger partial charge >= 0.3 is 0 Å². The molecule has 0 fully saturated rings. The molecule has 0 aliphatic heterocycles. The summed E-state index contributed by atoms with van der Waals surface area (Å²) in [6.07, 6.45) is 6.67. The minimum atomic E-state index is -0.0208. The quantitative estimate of drug-likeness (QED) is 0.347. The molecule has 1 heteroatoms. The van der Waals surface area contributed by atoms with Gasteiger partial charge in [-0.1, -0.05) is 18.7 Å². The Morgan fingerprint density at radius 3 is 2.44 bits per heavy atom. The van der Waals surface area contributed by atoms with Gasteiger partial charge < -0.3 is 0 Å². The Morgan fingerprint density at radius 2 is 2.00 bits per heavy atom. The normalized spacial score (nSPS) is 16.0. The van der Waals surface area contributed by atoms with Crippen LogP contribution in [0.5, 0.6) is 0 Å². The van der Waals surface area contributed by atoms with Crippen molar-refractivity contribution in [1.82, 2.24) is 0 Å². The average Bonchev–Trinajstić information content (AvgIpc) is 1.89. The Balaban J connectivity index is 3.04. The van der Waals surface area contributed by atoms with E-state index in [1.165, 1.54) is 6.08 Å². The topological polar surface area (TPSA) is 17.1 Å². The van der Waals surface area contributed by atoms with Crippen LogP contribution < -0.4 is 0 Å². The summed E-state index contributed by atoms with van der Waals surface area (Å²) in [6.45, 7) is 3.37. The van der Waals surface area contributed by atoms with E-state index in [2.05, 4.69) is 12.3 Å². The van der Waals surface area contributed by atoms with Crippen molar-refractivity contribution in [3.63, 3.8) is 0 Å². The van der Waals surface area contributed by atoms with Crippen molar-refractivity contribution in [3.05, 3.63) is 42.2 Å². The lowest BCUT2D eigenvalue weighted by molar-refractivity contribution is -0.111. The summed E-state index contributed by atoms with van der Waals surface area (Å²) < 4.78 is 0. The van der Waals surface area contributed by atoms with Crippen LogP contribution in [0.3, 0.4) is 0 Å². The minimum absolute atomic E-state index is 0.0208. The second-order valence-electron chi connectivity index (χ2n) is 1.67. The van der Waals surface area contributed by atoms with Gasteiger partial charge in [-0.05, 0) is 12.2 Å². The van der Waals surface area contributed by atoms with Crippen LogP contribution in [-0.4, -0.2) is 5.78 Å². The van der Waals surface area contributed by atoms with E-state index in [-0.39, 0.29) is 5.78 Å². The fourth-order valence-corrected chi connectivity index (χ4v) is 0.613. The first-order valence-electron chi connectivity index (χ1n) is 2.64. The molecule has 0 aromatic heterocycles. The first kappa shape index (κ1) is 5.80. The number of hydrogen-bond acceptors (Lipinski definition) is 1. The predicted molar refractivity (Wildman–Crippen MR) is 35.9 cm³/mol. The van der Waals surface area contributed by atoms with Crippen LogP contribution in [-0.2, 0) is 4.79 Å². The van der Waals surface area contributed by atoms with E-state index >= 15 is 0 Å². The first-order valence-corrected chi connectivity index (χ1v) is 2.64. The molecule has 0 amide bonds. The molecule has 0 radical (unpaired) electrons. The highest BCUT2D eigenvalue weighted by molar-refractivity contribution is 6.07. The average molecular weight is 118 g/mol. The Hall–Kier alpha value is -1.33. The highest BCUT2D eigenvalue weighted by Crippen LogP contribution is 2.02. The van der Waals surface area contributed by atoms with Gasteiger partial charge in [0.15, 0.2) is 5.78 Å². The Labute approximate surface area is 53.7 Å². The number of allylic oxidation sites excluding steroid dienone is 5. The minimum Gasteiger partial charge on any atom is -0.289 e. The third-order valence-corrected chi connectivity index (χ3v) is 1.08. The van der Waals surface area contributed by atoms with Crippen LogP contribution in [0.25, 0.3) is 0 Å². The molecule has 0 N–H and O–H groups in total. The van der Waals surface area contributed by atoms with Gasteiger partial charge in [0.1, 0.15) is 0 Å². The summed E-state index contributed by atoms with van der Waals surface area (Å²) in [5.41, 5.74) is 3.07. The van der Waals surface area contributed by atoms with Crippen molar-refractivity contribution < 1.29 is 4.79 Å². The molecule has 0 spiro atoms. The van der Waals surface area contributed by atoms with E-state index < -0.39 is 0 Å². The van der Waals surface area contributed by atoms with Crippen molar-refractivity contribution in [2.24, 2.45) is 0 Å². The molecule has 9 heavy (non-hydrogen) atoms. The zero-order valence-corrected chi connectivity index (χ0v) is 4.92. The predicted octanol–water partition coefficient (Wildman–Crippen LogP) is 1.39. The van der Waals surface area contributed by atoms with Gasteiger partial charge in [0.25, 0.3) is 0 Å². The number of carbonyl (C=O) groups is 1. The van der Waals surface area contributed by atoms with Crippen LogP contribution >= 0.6 is 0 Å². The molecule has 1 aliphatic rings. The van der Waals surface area contributed by atoms with Gasteiger partial charge in [-0.25, -0.2) is 0 Å². The van der Waals surface area contributed by atoms with E-state index in [1.807, 2.05) is 0 Å². The van der Waals surface area contributed by atoms with Crippen LogP contribution in [0.1, 0.15) is 0 Å². The van der Waals surface area contributed by atoms with Crippen molar-refractivity contribution in [3.8, 4) is 0 Å². The molecule has 0 unspecified atom stereocenters. The van der Waals surface area contributed by atoms with Crippen molar-refractivity contribution >= 4 is 5.78 Å². The van der Waals surface area contributed by atoms with Gasteiger partial charge in [0, 0.05) is 0 Å². The van der Waals surface area contributed by atoms with Crippen LogP contribution in [0.2, 0.25) is 0 Å². The van der Waals surface area contributed by atoms with Gasteiger partial charge in [0.05, 0.1) is 5.57 Å². The molecule has 1 aliphatic carbocycles. The molecular weight excluding hydrogens is 112 g/mol. The maximum absolute atomic E-state index is 10.7. The molecule has 0 aromatic carbocycles. The smallest absolute Gasteiger partial charge is 0.193 e. The second-order valence-corrected chi connectivity index (χ2v) is 1.67. The molecule has 44 valence electrons. The summed E-state index contributed by atoms with van der Waals surface area (Å²) in [6, 6.07) is 0. The zero-order valence-electron chi connectivity index (χ0n) is 4.92. The lowest BCUT2D eigenvalue weighted by Gasteiger charge is -1.93. The van der Waals surface area contributed by atoms with E-state index in [0.29, 0.717) is 5.57 Å². The van der Waals surface area contributed by atoms with Gasteiger partial charge in [-0.3, -0.25) is 4.79 Å². The third kappa shape index (κ3) is 1.07. The van der Waals surface area contributed by atoms with E-state index in [4.69, 9.17) is 0 Å². The van der Waals surface area contributed by atoms with Crippen molar-refractivity contribution in [2.45, 2.75) is 0 Å². The number of ketones is 1. The van der Waals surface area contributed by atoms with Crippen molar-refractivity contribution in [2.75, 3.05) is 0 Å². The molecule has 0 bridgehead atoms. The van der Waals surface area contributed by atoms with Gasteiger partial charge in [-0.15, -0.1) is 5.73 Å². The molecule has 0 saturated carbocycles. The standard InChI is InChI=1S/C8H6O/c1-2-7-5-3-4-6-8(7)9/h3-6H,1H2. The van der Waals surface area contributed by atoms with E-state index in [1.54, 1.807) is 18.2 Å². The maximum atomic E-state index is 10.7. The molecule has 0 aromatic rings. The fourth-order valence-electron chi connectivity index (χ4n) is 0.613. The van der Waals surface area contributed by atoms with Crippen LogP contribution in [0.4, 0.5) is 0 Å². The molecule has 0 heterocycles. The van der Waals surface area contributed by atoms with Gasteiger partial charge in [-0.2, -0.15) is 0 Å². The molecule has 1 nitrogen and oxygen atoms in total. The molecular formula is C8H6O. The summed E-state index contributed by atoms with van der Waals surface area (Å²) in [5, 5.41) is 0. The molecule has 0 atom stereocenters. The monoisotopic (exact) mass is 118 g/mol. The summed E-state index contributed by atoms with van der Waals surface area (Å²) in [5.74, 6) is -0.0208. The van der Waals surface area contributed by atoms with E-state index in [9.17, 15) is 4.79 Å². The zero-order chi connectivity index (χ0) is 6.69. The maximum Gasteiger partial charge on any atom is 0.193 e. The Bertz CT molecular complexity index is 237. The number of carbonyl (C=O) groups excluding carboxylic acids is 1. The van der Waals surface area contributed by atoms with Crippen LogP contribution in [0, 0.1) is 0 Å². The highest BCUT2D eigenvalue weighted by atomic mass is 16.1. The fraction of sp³-hybridized carbons (Fsp3) is 0. The largest absolute Gasteiger partial charge is 0.289 e. The van der Waals surface area contributed by atoms with Crippen LogP contribution in [0.15, 0.2) is 42.2 Å². The lowest BCUT2D eigenvalue weighted by Crippen LogP contribution is -1.96. The second kappa shape index (κ2) is 2.29. The number of hydrogen-bond donors (Lipinski definition) is 0. The first-order chi connectivity index (χ1) is 4.34. The summed E-state index contributed by atoms with van der Waals surface area (Å²) >= 11 is 0. The third-order valence-electron chi connectivity index (χ3n) is 1.08. The Kier molecular flexibility index (Phi) is 1.48. The van der Waals surface area contributed by atoms with Gasteiger partial charge in [0.2, 0.25) is 0 Å². The summed E-state index contributed by atoms with van der Waals surface area (Å²) in [7, 11) is 0. The molecule has 0 saturated heterocycles. The van der Waals surface area contributed by atoms with E-state index in [0.717, 1.165) is 0 Å². The summed E-state index contributed by atoms with van der Waals surface area (Å²) in [4.78, 5) is 10.7. The van der Waals surface area contributed by atoms with Crippen molar-refractivity contribution in [1.29, 1.82) is 0 Å². The molecule has 1 rings (SSSR count). The number of rotatable bonds is 0.